The van der Waals surface area contributed by atoms with Crippen molar-refractivity contribution in [2.24, 2.45) is 0 Å². The lowest BCUT2D eigenvalue weighted by molar-refractivity contribution is 0.501. The summed E-state index contributed by atoms with van der Waals surface area (Å²) in [6.07, 6.45) is 0. The molecule has 0 bridgehead atoms. The highest BCUT2D eigenvalue weighted by molar-refractivity contribution is 6.30. The fourth-order valence-corrected chi connectivity index (χ4v) is 3.68. The van der Waals surface area contributed by atoms with Crippen LogP contribution in [0.3, 0.4) is 0 Å². The third-order valence-electron chi connectivity index (χ3n) is 4.97. The minimum absolute atomic E-state index is 0.560. The van der Waals surface area contributed by atoms with Gasteiger partial charge in [0, 0.05) is 73.3 Å². The van der Waals surface area contributed by atoms with Crippen LogP contribution in [-0.2, 0) is 0 Å². The van der Waals surface area contributed by atoms with Crippen LogP contribution in [0.2, 0.25) is 10.0 Å². The van der Waals surface area contributed by atoms with Gasteiger partial charge in [0.05, 0.1) is 0 Å². The molecule has 0 radical (unpaired) electrons. The molecule has 0 saturated carbocycles. The topological polar surface area (TPSA) is 30.5 Å². The summed E-state index contributed by atoms with van der Waals surface area (Å²) in [5.74, 6) is 0. The number of hydrogen-bond acceptors (Lipinski definition) is 4. The summed E-state index contributed by atoms with van der Waals surface area (Å²) in [5, 5.41) is 8.31. The van der Waals surface area contributed by atoms with Crippen LogP contribution in [-0.4, -0.2) is 51.9 Å². The van der Waals surface area contributed by atoms with Gasteiger partial charge in [-0.15, -0.1) is 0 Å². The van der Waals surface area contributed by atoms with Crippen molar-refractivity contribution in [3.8, 4) is 0 Å². The summed E-state index contributed by atoms with van der Waals surface area (Å²) in [7, 11) is 0. The van der Waals surface area contributed by atoms with Crippen molar-refractivity contribution >= 4 is 34.6 Å². The first-order valence-corrected chi connectivity index (χ1v) is 10.3. The minimum atomic E-state index is 0.560. The maximum absolute atomic E-state index is 5.86. The second kappa shape index (κ2) is 10.2. The van der Waals surface area contributed by atoms with Crippen molar-refractivity contribution in [2.45, 2.75) is 13.0 Å². The number of halogens is 2. The molecular weight excluding hydrogens is 379 g/mol. The van der Waals surface area contributed by atoms with Gasteiger partial charge in [0.15, 0.2) is 0 Å². The number of nitrogens with one attached hydrogen (secondary N) is 2. The molecule has 2 aliphatic heterocycles. The molecule has 2 fully saturated rings. The second-order valence-corrected chi connectivity index (χ2v) is 7.81. The number of rotatable bonds is 2. The van der Waals surface area contributed by atoms with E-state index in [4.69, 9.17) is 23.2 Å². The quantitative estimate of drug-likeness (QED) is 0.791. The van der Waals surface area contributed by atoms with E-state index in [1.165, 1.54) is 11.4 Å². The van der Waals surface area contributed by atoms with Crippen LogP contribution >= 0.6 is 23.2 Å². The zero-order chi connectivity index (χ0) is 19.1. The van der Waals surface area contributed by atoms with Gasteiger partial charge in [0.25, 0.3) is 0 Å². The molecule has 0 spiro atoms. The molecular formula is C21H28Cl2N4. The lowest BCUT2D eigenvalue weighted by Crippen LogP contribution is -2.49. The molecule has 2 N–H and O–H groups in total. The minimum Gasteiger partial charge on any atom is -0.369 e. The highest BCUT2D eigenvalue weighted by atomic mass is 35.5. The third kappa shape index (κ3) is 6.01. The van der Waals surface area contributed by atoms with Crippen molar-refractivity contribution in [3.63, 3.8) is 0 Å². The zero-order valence-corrected chi connectivity index (χ0v) is 17.3. The Bertz CT molecular complexity index is 684. The Kier molecular flexibility index (Phi) is 7.65. The van der Waals surface area contributed by atoms with E-state index in [0.29, 0.717) is 6.04 Å². The lowest BCUT2D eigenvalue weighted by Gasteiger charge is -2.35. The van der Waals surface area contributed by atoms with Crippen LogP contribution in [0.1, 0.15) is 6.92 Å². The van der Waals surface area contributed by atoms with E-state index in [9.17, 15) is 0 Å². The normalized spacial score (nSPS) is 20.0. The molecule has 4 nitrogen and oxygen atoms in total. The van der Waals surface area contributed by atoms with Gasteiger partial charge in [0.2, 0.25) is 0 Å². The maximum Gasteiger partial charge on any atom is 0.0407 e. The fraction of sp³-hybridized carbons (Fsp3) is 0.429. The largest absolute Gasteiger partial charge is 0.369 e. The Balaban J connectivity index is 0.000000156. The number of anilines is 2. The van der Waals surface area contributed by atoms with Crippen LogP contribution in [0, 0.1) is 0 Å². The maximum atomic E-state index is 5.86. The number of hydrogen-bond donors (Lipinski definition) is 2. The summed E-state index contributed by atoms with van der Waals surface area (Å²) in [6.45, 7) is 9.74. The Morgan fingerprint density at radius 3 is 1.81 bits per heavy atom. The van der Waals surface area contributed by atoms with E-state index in [-0.39, 0.29) is 0 Å². The first kappa shape index (κ1) is 20.3. The highest BCUT2D eigenvalue weighted by Gasteiger charge is 2.17. The van der Waals surface area contributed by atoms with Crippen LogP contribution in [0.25, 0.3) is 0 Å². The standard InChI is InChI=1S/C11H15ClN2.C10H13ClN2/c1-9-8-13-6-7-14(9)11-4-2-10(12)3-5-11;11-9-1-3-10(4-2-9)13-7-5-12-6-8-13/h2-5,9,13H,6-8H2,1H3;1-4,12H,5-8H2. The average molecular weight is 407 g/mol. The third-order valence-corrected chi connectivity index (χ3v) is 5.47. The van der Waals surface area contributed by atoms with Gasteiger partial charge >= 0.3 is 0 Å². The Morgan fingerprint density at radius 2 is 1.26 bits per heavy atom. The first-order valence-electron chi connectivity index (χ1n) is 9.57. The molecule has 4 rings (SSSR count). The fourth-order valence-electron chi connectivity index (χ4n) is 3.43. The van der Waals surface area contributed by atoms with Crippen LogP contribution < -0.4 is 20.4 Å². The summed E-state index contributed by atoms with van der Waals surface area (Å²) in [4.78, 5) is 4.78. The van der Waals surface area contributed by atoms with Crippen molar-refractivity contribution in [1.82, 2.24) is 10.6 Å². The van der Waals surface area contributed by atoms with Crippen molar-refractivity contribution < 1.29 is 0 Å². The number of benzene rings is 2. The molecule has 2 heterocycles. The smallest absolute Gasteiger partial charge is 0.0407 e. The molecule has 0 aliphatic carbocycles. The molecule has 1 atom stereocenters. The summed E-state index contributed by atoms with van der Waals surface area (Å²) in [5.41, 5.74) is 2.54. The van der Waals surface area contributed by atoms with Gasteiger partial charge in [-0.25, -0.2) is 0 Å². The number of piperazine rings is 2. The van der Waals surface area contributed by atoms with Crippen LogP contribution in [0.4, 0.5) is 11.4 Å². The molecule has 0 aromatic heterocycles. The van der Waals surface area contributed by atoms with E-state index in [0.717, 1.165) is 55.9 Å². The van der Waals surface area contributed by atoms with Gasteiger partial charge < -0.3 is 20.4 Å². The average Bonchev–Trinajstić information content (AvgIpc) is 2.71. The molecule has 2 aromatic rings. The van der Waals surface area contributed by atoms with E-state index in [1.807, 2.05) is 24.3 Å². The molecule has 0 amide bonds. The van der Waals surface area contributed by atoms with Gasteiger partial charge in [0.1, 0.15) is 0 Å². The van der Waals surface area contributed by atoms with Gasteiger partial charge in [-0.05, 0) is 55.5 Å². The molecule has 2 aliphatic rings. The molecule has 2 aromatic carbocycles. The van der Waals surface area contributed by atoms with Crippen molar-refractivity contribution in [1.29, 1.82) is 0 Å². The Labute approximate surface area is 172 Å². The first-order chi connectivity index (χ1) is 13.1. The monoisotopic (exact) mass is 406 g/mol. The van der Waals surface area contributed by atoms with E-state index in [1.54, 1.807) is 0 Å². The SMILES string of the molecule is CC1CNCCN1c1ccc(Cl)cc1.Clc1ccc(N2CCNCC2)cc1. The van der Waals surface area contributed by atoms with E-state index < -0.39 is 0 Å². The van der Waals surface area contributed by atoms with Crippen LogP contribution in [0.5, 0.6) is 0 Å². The van der Waals surface area contributed by atoms with Gasteiger partial charge in [-0.2, -0.15) is 0 Å². The van der Waals surface area contributed by atoms with Gasteiger partial charge in [-0.3, -0.25) is 0 Å². The summed E-state index contributed by atoms with van der Waals surface area (Å²) < 4.78 is 0. The zero-order valence-electron chi connectivity index (χ0n) is 15.8. The second-order valence-electron chi connectivity index (χ2n) is 6.94. The Hall–Kier alpha value is -1.46. The van der Waals surface area contributed by atoms with Gasteiger partial charge in [-0.1, -0.05) is 23.2 Å². The predicted molar refractivity (Wildman–Crippen MR) is 118 cm³/mol. The van der Waals surface area contributed by atoms with Crippen molar-refractivity contribution in [3.05, 3.63) is 58.6 Å². The van der Waals surface area contributed by atoms with Crippen LogP contribution in [0.15, 0.2) is 48.5 Å². The molecule has 6 heteroatoms. The molecule has 27 heavy (non-hydrogen) atoms. The summed E-state index contributed by atoms with van der Waals surface area (Å²) >= 11 is 11.7. The predicted octanol–water partition coefficient (Wildman–Crippen LogP) is 3.89. The molecule has 2 saturated heterocycles. The van der Waals surface area contributed by atoms with E-state index in [2.05, 4.69) is 51.6 Å². The highest BCUT2D eigenvalue weighted by Crippen LogP contribution is 2.20. The van der Waals surface area contributed by atoms with Crippen molar-refractivity contribution in [2.75, 3.05) is 55.6 Å². The lowest BCUT2D eigenvalue weighted by atomic mass is 10.2. The molecule has 146 valence electrons. The number of nitrogens with zero attached hydrogens (tertiary/aromatic N) is 2. The summed E-state index contributed by atoms with van der Waals surface area (Å²) in [6, 6.07) is 16.7. The van der Waals surface area contributed by atoms with E-state index >= 15 is 0 Å². The Morgan fingerprint density at radius 1 is 0.741 bits per heavy atom. The molecule has 1 unspecified atom stereocenters.